The maximum atomic E-state index is 13.4. The van der Waals surface area contributed by atoms with Gasteiger partial charge >= 0.3 is 0 Å². The number of para-hydroxylation sites is 2. The second kappa shape index (κ2) is 11.5. The molecule has 40 heavy (non-hydrogen) atoms. The summed E-state index contributed by atoms with van der Waals surface area (Å²) in [5.74, 6) is 0. The van der Waals surface area contributed by atoms with E-state index in [1.807, 2.05) is 72.8 Å². The van der Waals surface area contributed by atoms with Gasteiger partial charge in [0.2, 0.25) is 10.3 Å². The lowest BCUT2D eigenvalue weighted by Crippen LogP contribution is -2.21. The minimum Gasteiger partial charge on any atom is -0.267 e. The molecule has 194 valence electrons. The molecule has 0 saturated carbocycles. The zero-order chi connectivity index (χ0) is 27.3. The number of rotatable bonds is 7. The summed E-state index contributed by atoms with van der Waals surface area (Å²) in [6.45, 7) is 0. The molecule has 6 rings (SSSR count). The maximum absolute atomic E-state index is 13.4. The second-order valence-corrected chi connectivity index (χ2v) is 10.6. The van der Waals surface area contributed by atoms with Gasteiger partial charge in [-0.05, 0) is 57.0 Å². The van der Waals surface area contributed by atoms with Crippen LogP contribution in [0.4, 0.5) is 0 Å². The maximum Gasteiger partial charge on any atom is 0.282 e. The molecule has 0 spiro atoms. The van der Waals surface area contributed by atoms with E-state index >= 15 is 0 Å². The molecule has 0 bridgehead atoms. The lowest BCUT2D eigenvalue weighted by Gasteiger charge is -2.10. The van der Waals surface area contributed by atoms with Crippen LogP contribution in [0.15, 0.2) is 139 Å². The molecule has 0 saturated heterocycles. The lowest BCUT2D eigenvalue weighted by molar-refractivity contribution is 0.706. The molecule has 4 aromatic carbocycles. The molecule has 0 unspecified atom stereocenters. The number of nitrogens with zero attached hydrogens (tertiary/aromatic N) is 6. The Morgan fingerprint density at radius 3 is 1.32 bits per heavy atom. The molecule has 0 radical (unpaired) electrons. The lowest BCUT2D eigenvalue weighted by atomic mass is 10.2. The average Bonchev–Trinajstić information content (AvgIpc) is 3.00. The van der Waals surface area contributed by atoms with E-state index in [0.717, 1.165) is 11.1 Å². The fourth-order valence-electron chi connectivity index (χ4n) is 3.92. The van der Waals surface area contributed by atoms with Gasteiger partial charge in [-0.15, -0.1) is 0 Å². The molecule has 0 aliphatic heterocycles. The fourth-order valence-corrected chi connectivity index (χ4v) is 5.84. The number of fused-ring (bicyclic) bond motifs is 2. The second-order valence-electron chi connectivity index (χ2n) is 8.53. The molecule has 10 heteroatoms. The fraction of sp³-hybridized carbons (Fsp3) is 0. The van der Waals surface area contributed by atoms with Crippen molar-refractivity contribution in [1.29, 1.82) is 0 Å². The zero-order valence-electron chi connectivity index (χ0n) is 20.9. The third kappa shape index (κ3) is 5.35. The monoisotopic (exact) mass is 560 g/mol. The van der Waals surface area contributed by atoms with Crippen LogP contribution in [0.1, 0.15) is 11.1 Å². The molecule has 0 fully saturated rings. The highest BCUT2D eigenvalue weighted by Gasteiger charge is 2.16. The van der Waals surface area contributed by atoms with Crippen molar-refractivity contribution < 1.29 is 0 Å². The van der Waals surface area contributed by atoms with Crippen LogP contribution < -0.4 is 11.1 Å². The number of hydrogen-bond donors (Lipinski definition) is 0. The largest absolute Gasteiger partial charge is 0.282 e. The van der Waals surface area contributed by atoms with Crippen LogP contribution in [0.2, 0.25) is 0 Å². The van der Waals surface area contributed by atoms with Crippen LogP contribution in [-0.2, 0) is 0 Å². The van der Waals surface area contributed by atoms with E-state index in [1.54, 1.807) is 48.8 Å². The van der Waals surface area contributed by atoms with Crippen molar-refractivity contribution in [2.75, 3.05) is 0 Å². The van der Waals surface area contributed by atoms with Gasteiger partial charge in [0.25, 0.3) is 11.1 Å². The molecular formula is C30H20N6O2S2. The van der Waals surface area contributed by atoms with Crippen LogP contribution in [-0.4, -0.2) is 31.7 Å². The quantitative estimate of drug-likeness (QED) is 0.142. The van der Waals surface area contributed by atoms with Crippen LogP contribution in [0, 0.1) is 0 Å². The Morgan fingerprint density at radius 1 is 0.525 bits per heavy atom. The van der Waals surface area contributed by atoms with Crippen molar-refractivity contribution in [2.24, 2.45) is 10.2 Å². The van der Waals surface area contributed by atoms with Crippen molar-refractivity contribution in [1.82, 2.24) is 19.3 Å². The van der Waals surface area contributed by atoms with Crippen LogP contribution in [0.25, 0.3) is 21.8 Å². The third-order valence-electron chi connectivity index (χ3n) is 5.88. The Labute approximate surface area is 236 Å². The third-order valence-corrected chi connectivity index (χ3v) is 7.94. The average molecular weight is 561 g/mol. The molecule has 0 amide bonds. The molecule has 0 atom stereocenters. The molecule has 0 N–H and O–H groups in total. The predicted molar refractivity (Wildman–Crippen MR) is 163 cm³/mol. The van der Waals surface area contributed by atoms with Gasteiger partial charge in [-0.25, -0.2) is 9.97 Å². The van der Waals surface area contributed by atoms with Crippen LogP contribution in [0.5, 0.6) is 0 Å². The van der Waals surface area contributed by atoms with Gasteiger partial charge in [0, 0.05) is 0 Å². The highest BCUT2D eigenvalue weighted by atomic mass is 33.1. The Balaban J connectivity index is 1.43. The van der Waals surface area contributed by atoms with Gasteiger partial charge in [0.05, 0.1) is 34.2 Å². The molecule has 8 nitrogen and oxygen atoms in total. The highest BCUT2D eigenvalue weighted by Crippen LogP contribution is 2.35. The molecule has 0 aliphatic carbocycles. The Kier molecular flexibility index (Phi) is 7.34. The van der Waals surface area contributed by atoms with Crippen LogP contribution in [0.3, 0.4) is 0 Å². The first-order valence-electron chi connectivity index (χ1n) is 12.2. The van der Waals surface area contributed by atoms with Gasteiger partial charge in [-0.1, -0.05) is 84.9 Å². The molecule has 2 heterocycles. The number of benzene rings is 4. The Morgan fingerprint density at radius 2 is 0.900 bits per heavy atom. The summed E-state index contributed by atoms with van der Waals surface area (Å²) in [7, 11) is 2.35. The van der Waals surface area contributed by atoms with E-state index in [9.17, 15) is 9.59 Å². The molecule has 0 aliphatic rings. The molecular weight excluding hydrogens is 541 g/mol. The van der Waals surface area contributed by atoms with Gasteiger partial charge in [-0.2, -0.15) is 19.6 Å². The van der Waals surface area contributed by atoms with Gasteiger partial charge in [0.1, 0.15) is 0 Å². The van der Waals surface area contributed by atoms with Crippen molar-refractivity contribution in [3.8, 4) is 0 Å². The summed E-state index contributed by atoms with van der Waals surface area (Å²) in [4.78, 5) is 36.3. The van der Waals surface area contributed by atoms with Crippen molar-refractivity contribution in [3.05, 3.63) is 141 Å². The normalized spacial score (nSPS) is 11.7. The van der Waals surface area contributed by atoms with E-state index < -0.39 is 0 Å². The molecule has 2 aromatic heterocycles. The Bertz CT molecular complexity index is 1860. The van der Waals surface area contributed by atoms with Crippen molar-refractivity contribution >= 4 is 55.8 Å². The van der Waals surface area contributed by atoms with Gasteiger partial charge in [0.15, 0.2) is 0 Å². The standard InChI is InChI=1S/C30H20N6O2S2/c37-27-23-15-7-9-17-25(23)33-29(35(27)31-19-21-11-3-1-4-12-21)39-40-30-34-26-18-10-8-16-24(26)28(38)36(30)32-20-22-13-5-2-6-14-22/h1-20H. The molecule has 6 aromatic rings. The van der Waals surface area contributed by atoms with E-state index in [4.69, 9.17) is 9.97 Å². The zero-order valence-corrected chi connectivity index (χ0v) is 22.5. The van der Waals surface area contributed by atoms with Crippen molar-refractivity contribution in [3.63, 3.8) is 0 Å². The van der Waals surface area contributed by atoms with E-state index in [-0.39, 0.29) is 11.1 Å². The summed E-state index contributed by atoms with van der Waals surface area (Å²) in [6.07, 6.45) is 3.22. The topological polar surface area (TPSA) is 94.5 Å². The smallest absolute Gasteiger partial charge is 0.267 e. The number of hydrogen-bond acceptors (Lipinski definition) is 8. The SMILES string of the molecule is O=c1c2ccccc2nc(SSc2nc3ccccc3c(=O)n2N=Cc2ccccc2)n1N=Cc1ccccc1. The van der Waals surface area contributed by atoms with Gasteiger partial charge < -0.3 is 0 Å². The van der Waals surface area contributed by atoms with E-state index in [2.05, 4.69) is 10.2 Å². The van der Waals surface area contributed by atoms with E-state index in [1.165, 1.54) is 30.9 Å². The minimum atomic E-state index is -0.299. The first kappa shape index (κ1) is 25.5. The first-order valence-corrected chi connectivity index (χ1v) is 14.4. The first-order chi connectivity index (χ1) is 19.7. The van der Waals surface area contributed by atoms with Crippen molar-refractivity contribution in [2.45, 2.75) is 10.3 Å². The predicted octanol–water partition coefficient (Wildman–Crippen LogP) is 5.67. The Hall–Kier alpha value is -4.80. The summed E-state index contributed by atoms with van der Waals surface area (Å²) < 4.78 is 2.54. The van der Waals surface area contributed by atoms with Crippen LogP contribution >= 0.6 is 21.6 Å². The summed E-state index contributed by atoms with van der Waals surface area (Å²) in [5, 5.41) is 10.5. The van der Waals surface area contributed by atoms with Gasteiger partial charge in [-0.3, -0.25) is 9.59 Å². The summed E-state index contributed by atoms with van der Waals surface area (Å²) >= 11 is 0. The summed E-state index contributed by atoms with van der Waals surface area (Å²) in [5.41, 5.74) is 2.18. The summed E-state index contributed by atoms with van der Waals surface area (Å²) in [6, 6.07) is 33.3. The highest BCUT2D eigenvalue weighted by molar-refractivity contribution is 8.76. The minimum absolute atomic E-state index is 0.299. The van der Waals surface area contributed by atoms with E-state index in [0.29, 0.717) is 32.1 Å². The number of aromatic nitrogens is 4.